The van der Waals surface area contributed by atoms with Crippen LogP contribution in [0.25, 0.3) is 0 Å². The number of carboxylic acid groups (broad SMARTS) is 1. The van der Waals surface area contributed by atoms with Crippen molar-refractivity contribution in [2.24, 2.45) is 17.8 Å². The van der Waals surface area contributed by atoms with Crippen molar-refractivity contribution in [3.63, 3.8) is 0 Å². The summed E-state index contributed by atoms with van der Waals surface area (Å²) in [7, 11) is 0. The number of nitrogens with zero attached hydrogens (tertiary/aromatic N) is 1. The molecule has 1 aliphatic carbocycles. The minimum atomic E-state index is -0.850. The first-order chi connectivity index (χ1) is 11.0. The summed E-state index contributed by atoms with van der Waals surface area (Å²) in [6, 6.07) is 4.34. The van der Waals surface area contributed by atoms with E-state index in [2.05, 4.69) is 15.9 Å². The first-order valence-corrected chi connectivity index (χ1v) is 8.33. The van der Waals surface area contributed by atoms with Gasteiger partial charge in [0.15, 0.2) is 18.2 Å². The Hall–Kier alpha value is -1.63. The van der Waals surface area contributed by atoms with Crippen LogP contribution in [-0.4, -0.2) is 41.6 Å². The molecule has 0 radical (unpaired) electrons. The molecule has 7 heteroatoms. The zero-order valence-electron chi connectivity index (χ0n) is 12.4. The van der Waals surface area contributed by atoms with Crippen molar-refractivity contribution in [3.05, 3.63) is 28.5 Å². The molecular formula is C16H17BrFNO4. The van der Waals surface area contributed by atoms with Gasteiger partial charge in [-0.15, -0.1) is 0 Å². The summed E-state index contributed by atoms with van der Waals surface area (Å²) in [5, 5.41) is 9.31. The number of carbonyl (C=O) groups excluding carboxylic acids is 1. The minimum Gasteiger partial charge on any atom is -0.481 e. The largest absolute Gasteiger partial charge is 0.481 e. The lowest BCUT2D eigenvalue weighted by molar-refractivity contribution is -0.142. The Morgan fingerprint density at radius 2 is 2.09 bits per heavy atom. The fourth-order valence-corrected chi connectivity index (χ4v) is 3.45. The average molecular weight is 386 g/mol. The number of ether oxygens (including phenoxy) is 1. The molecule has 2 atom stereocenters. The van der Waals surface area contributed by atoms with E-state index in [1.165, 1.54) is 17.0 Å². The molecule has 1 saturated heterocycles. The van der Waals surface area contributed by atoms with Crippen molar-refractivity contribution in [2.45, 2.75) is 12.8 Å². The lowest BCUT2D eigenvalue weighted by atomic mass is 9.92. The highest BCUT2D eigenvalue weighted by Gasteiger charge is 2.46. The molecule has 0 unspecified atom stereocenters. The molecule has 1 N–H and O–H groups in total. The van der Waals surface area contributed by atoms with E-state index in [4.69, 9.17) is 4.74 Å². The van der Waals surface area contributed by atoms with E-state index in [9.17, 15) is 19.1 Å². The zero-order chi connectivity index (χ0) is 16.6. The second-order valence-corrected chi connectivity index (χ2v) is 7.02. The van der Waals surface area contributed by atoms with Crippen molar-refractivity contribution in [3.8, 4) is 5.75 Å². The molecule has 1 heterocycles. The molecule has 124 valence electrons. The summed E-state index contributed by atoms with van der Waals surface area (Å²) >= 11 is 3.15. The number of hydrogen-bond acceptors (Lipinski definition) is 3. The molecule has 0 bridgehead atoms. The van der Waals surface area contributed by atoms with Gasteiger partial charge in [-0.25, -0.2) is 4.39 Å². The topological polar surface area (TPSA) is 66.8 Å². The summed E-state index contributed by atoms with van der Waals surface area (Å²) in [4.78, 5) is 25.1. The summed E-state index contributed by atoms with van der Waals surface area (Å²) in [6.07, 6.45) is 2.08. The maximum atomic E-state index is 13.7. The maximum Gasteiger partial charge on any atom is 0.308 e. The number of carbonyl (C=O) groups is 2. The number of likely N-dealkylation sites (tertiary alicyclic amines) is 1. The summed E-state index contributed by atoms with van der Waals surface area (Å²) in [5.74, 6) is -1.75. The standard InChI is InChI=1S/C16H17BrFNO4/c17-10-3-4-14(13(18)5-10)23-8-15(20)19-6-11(9-1-2-9)12(7-19)16(21)22/h3-5,9,11-12H,1-2,6-8H2,(H,21,22)/t11-,12+/m1/s1. The van der Waals surface area contributed by atoms with Gasteiger partial charge in [0, 0.05) is 17.6 Å². The van der Waals surface area contributed by atoms with E-state index in [0.717, 1.165) is 12.8 Å². The van der Waals surface area contributed by atoms with E-state index in [-0.39, 0.29) is 30.7 Å². The lowest BCUT2D eigenvalue weighted by Crippen LogP contribution is -2.34. The van der Waals surface area contributed by atoms with E-state index < -0.39 is 17.7 Å². The van der Waals surface area contributed by atoms with Crippen LogP contribution in [0.2, 0.25) is 0 Å². The Bertz CT molecular complexity index is 635. The molecule has 23 heavy (non-hydrogen) atoms. The third-order valence-corrected chi connectivity index (χ3v) is 5.00. The Balaban J connectivity index is 1.59. The van der Waals surface area contributed by atoms with Gasteiger partial charge in [0.05, 0.1) is 5.92 Å². The van der Waals surface area contributed by atoms with Crippen LogP contribution in [0, 0.1) is 23.6 Å². The van der Waals surface area contributed by atoms with Crippen LogP contribution in [0.3, 0.4) is 0 Å². The Kier molecular flexibility index (Phi) is 4.57. The summed E-state index contributed by atoms with van der Waals surface area (Å²) in [6.45, 7) is 0.371. The number of benzene rings is 1. The van der Waals surface area contributed by atoms with Gasteiger partial charge in [-0.2, -0.15) is 0 Å². The van der Waals surface area contributed by atoms with Gasteiger partial charge in [0.1, 0.15) is 0 Å². The fraction of sp³-hybridized carbons (Fsp3) is 0.500. The maximum absolute atomic E-state index is 13.7. The van der Waals surface area contributed by atoms with Gasteiger partial charge < -0.3 is 14.7 Å². The highest BCUT2D eigenvalue weighted by atomic mass is 79.9. The number of rotatable bonds is 5. The second kappa shape index (κ2) is 6.47. The molecule has 0 aromatic heterocycles. The van der Waals surface area contributed by atoms with Gasteiger partial charge in [0.25, 0.3) is 5.91 Å². The van der Waals surface area contributed by atoms with Crippen LogP contribution in [0.15, 0.2) is 22.7 Å². The van der Waals surface area contributed by atoms with Crippen LogP contribution in [-0.2, 0) is 9.59 Å². The Labute approximate surface area is 141 Å². The van der Waals surface area contributed by atoms with Crippen LogP contribution in [0.5, 0.6) is 5.75 Å². The number of hydrogen-bond donors (Lipinski definition) is 1. The van der Waals surface area contributed by atoms with Gasteiger partial charge in [0.2, 0.25) is 0 Å². The fourth-order valence-electron chi connectivity index (χ4n) is 3.12. The van der Waals surface area contributed by atoms with Crippen LogP contribution in [0.4, 0.5) is 4.39 Å². The quantitative estimate of drug-likeness (QED) is 0.845. The molecule has 2 aliphatic rings. The highest BCUT2D eigenvalue weighted by molar-refractivity contribution is 9.10. The smallest absolute Gasteiger partial charge is 0.308 e. The zero-order valence-corrected chi connectivity index (χ0v) is 14.0. The SMILES string of the molecule is O=C(O)[C@H]1CN(C(=O)COc2ccc(Br)cc2F)C[C@@H]1C1CC1. The van der Waals surface area contributed by atoms with Crippen molar-refractivity contribution < 1.29 is 23.8 Å². The first-order valence-electron chi connectivity index (χ1n) is 7.54. The molecule has 3 rings (SSSR count). The van der Waals surface area contributed by atoms with E-state index in [1.807, 2.05) is 0 Å². The van der Waals surface area contributed by atoms with Crippen molar-refractivity contribution in [1.82, 2.24) is 4.90 Å². The van der Waals surface area contributed by atoms with E-state index in [1.54, 1.807) is 6.07 Å². The summed E-state index contributed by atoms with van der Waals surface area (Å²) in [5.41, 5.74) is 0. The van der Waals surface area contributed by atoms with Crippen LogP contribution >= 0.6 is 15.9 Å². The molecular weight excluding hydrogens is 369 g/mol. The normalized spacial score (nSPS) is 23.8. The molecule has 1 aromatic rings. The second-order valence-electron chi connectivity index (χ2n) is 6.11. The molecule has 1 aliphatic heterocycles. The van der Waals surface area contributed by atoms with Gasteiger partial charge in [-0.05, 0) is 42.9 Å². The monoisotopic (exact) mass is 385 g/mol. The predicted octanol–water partition coefficient (Wildman–Crippen LogP) is 2.54. The van der Waals surface area contributed by atoms with Crippen molar-refractivity contribution >= 4 is 27.8 Å². The first kappa shape index (κ1) is 16.2. The van der Waals surface area contributed by atoms with Gasteiger partial charge in [-0.1, -0.05) is 15.9 Å². The third kappa shape index (κ3) is 3.65. The van der Waals surface area contributed by atoms with Crippen LogP contribution < -0.4 is 4.74 Å². The number of amides is 1. The number of aliphatic carboxylic acids is 1. The predicted molar refractivity (Wildman–Crippen MR) is 83.5 cm³/mol. The lowest BCUT2D eigenvalue weighted by Gasteiger charge is -2.16. The molecule has 1 saturated carbocycles. The number of halogens is 2. The average Bonchev–Trinajstić information content (AvgIpc) is 3.24. The van der Waals surface area contributed by atoms with Gasteiger partial charge in [-0.3, -0.25) is 9.59 Å². The Morgan fingerprint density at radius 1 is 1.35 bits per heavy atom. The molecule has 0 spiro atoms. The number of carboxylic acids is 1. The van der Waals surface area contributed by atoms with Crippen LogP contribution in [0.1, 0.15) is 12.8 Å². The Morgan fingerprint density at radius 3 is 2.70 bits per heavy atom. The molecule has 1 amide bonds. The van der Waals surface area contributed by atoms with Crippen molar-refractivity contribution in [2.75, 3.05) is 19.7 Å². The minimum absolute atomic E-state index is 0.00859. The molecule has 2 fully saturated rings. The molecule has 5 nitrogen and oxygen atoms in total. The van der Waals surface area contributed by atoms with E-state index >= 15 is 0 Å². The molecule has 1 aromatic carbocycles. The third-order valence-electron chi connectivity index (χ3n) is 4.51. The summed E-state index contributed by atoms with van der Waals surface area (Å²) < 4.78 is 19.5. The van der Waals surface area contributed by atoms with Crippen molar-refractivity contribution in [1.29, 1.82) is 0 Å². The van der Waals surface area contributed by atoms with Gasteiger partial charge >= 0.3 is 5.97 Å². The highest BCUT2D eigenvalue weighted by Crippen LogP contribution is 2.44. The van der Waals surface area contributed by atoms with E-state index in [0.29, 0.717) is 16.9 Å².